The van der Waals surface area contributed by atoms with E-state index in [0.717, 1.165) is 5.57 Å². The Morgan fingerprint density at radius 2 is 1.61 bits per heavy atom. The van der Waals surface area contributed by atoms with Gasteiger partial charge in [-0.05, 0) is 19.2 Å². The summed E-state index contributed by atoms with van der Waals surface area (Å²) >= 11 is 0. The summed E-state index contributed by atoms with van der Waals surface area (Å²) in [5.41, 5.74) is -0.879. The van der Waals surface area contributed by atoms with Crippen molar-refractivity contribution in [1.82, 2.24) is 5.32 Å². The van der Waals surface area contributed by atoms with Crippen molar-refractivity contribution in [1.29, 1.82) is 0 Å². The molecule has 1 aliphatic heterocycles. The van der Waals surface area contributed by atoms with Crippen LogP contribution in [-0.4, -0.2) is 17.6 Å². The number of halogens is 3. The summed E-state index contributed by atoms with van der Waals surface area (Å²) in [4.78, 5) is 0. The van der Waals surface area contributed by atoms with Crippen molar-refractivity contribution in [3.05, 3.63) is 23.9 Å². The molecule has 0 radical (unpaired) electrons. The molecular weight excluding hydrogens is 239 g/mol. The molecule has 1 aliphatic carbocycles. The molecule has 0 aromatic carbocycles. The van der Waals surface area contributed by atoms with Crippen molar-refractivity contribution in [2.75, 3.05) is 0 Å². The average Bonchev–Trinajstić information content (AvgIpc) is 2.32. The van der Waals surface area contributed by atoms with E-state index in [4.69, 9.17) is 0 Å². The van der Waals surface area contributed by atoms with Crippen LogP contribution in [0.2, 0.25) is 0 Å². The third-order valence-electron chi connectivity index (χ3n) is 2.71. The second kappa shape index (κ2) is 6.86. The molecule has 4 heteroatoms. The standard InChI is InChI=1S/C10H12F3N.2C2H6/c1-7-2-3-14-8(4-7)9(11)5-10(12,13)6-9;2*1-2/h2-4,8,14H,5-6H2,1H3;2*1-2H3. The zero-order valence-electron chi connectivity index (χ0n) is 11.9. The highest BCUT2D eigenvalue weighted by Gasteiger charge is 2.60. The van der Waals surface area contributed by atoms with Crippen molar-refractivity contribution in [3.8, 4) is 0 Å². The predicted molar refractivity (Wildman–Crippen MR) is 70.5 cm³/mol. The molecule has 1 fully saturated rings. The van der Waals surface area contributed by atoms with Gasteiger partial charge in [0.25, 0.3) is 5.92 Å². The Bertz CT molecular complexity index is 300. The van der Waals surface area contributed by atoms with Crippen LogP contribution in [0.25, 0.3) is 0 Å². The molecular formula is C14H24F3N. The number of dihydropyridines is 1. The first-order valence-electron chi connectivity index (χ1n) is 6.59. The van der Waals surface area contributed by atoms with E-state index in [0.29, 0.717) is 0 Å². The lowest BCUT2D eigenvalue weighted by Gasteiger charge is -2.45. The molecule has 106 valence electrons. The first-order valence-corrected chi connectivity index (χ1v) is 6.59. The van der Waals surface area contributed by atoms with Gasteiger partial charge in [-0.15, -0.1) is 0 Å². The van der Waals surface area contributed by atoms with Crippen molar-refractivity contribution < 1.29 is 13.2 Å². The van der Waals surface area contributed by atoms with Crippen LogP contribution in [0.1, 0.15) is 47.5 Å². The Labute approximate surface area is 108 Å². The van der Waals surface area contributed by atoms with Crippen molar-refractivity contribution in [3.63, 3.8) is 0 Å². The number of hydrogen-bond acceptors (Lipinski definition) is 1. The molecule has 1 atom stereocenters. The van der Waals surface area contributed by atoms with E-state index < -0.39 is 30.5 Å². The first-order chi connectivity index (χ1) is 8.41. The summed E-state index contributed by atoms with van der Waals surface area (Å²) in [7, 11) is 0. The Hall–Kier alpha value is -0.930. The highest BCUT2D eigenvalue weighted by Crippen LogP contribution is 2.50. The third-order valence-corrected chi connectivity index (χ3v) is 2.71. The largest absolute Gasteiger partial charge is 0.381 e. The van der Waals surface area contributed by atoms with E-state index in [2.05, 4.69) is 5.32 Å². The normalized spacial score (nSPS) is 26.2. The van der Waals surface area contributed by atoms with E-state index in [1.54, 1.807) is 18.4 Å². The van der Waals surface area contributed by atoms with Crippen LogP contribution in [0.5, 0.6) is 0 Å². The summed E-state index contributed by atoms with van der Waals surface area (Å²) in [6.45, 7) is 9.82. The van der Waals surface area contributed by atoms with E-state index in [9.17, 15) is 13.2 Å². The monoisotopic (exact) mass is 263 g/mol. The van der Waals surface area contributed by atoms with Crippen LogP contribution in [-0.2, 0) is 0 Å². The maximum Gasteiger partial charge on any atom is 0.254 e. The molecule has 0 bridgehead atoms. The van der Waals surface area contributed by atoms with Crippen molar-refractivity contribution in [2.45, 2.75) is 65.1 Å². The molecule has 0 spiro atoms. The SMILES string of the molecule is CC.CC.CC1=CC(C2(F)CC(F)(F)C2)NC=C1. The highest BCUT2D eigenvalue weighted by molar-refractivity contribution is 5.27. The smallest absolute Gasteiger partial charge is 0.254 e. The van der Waals surface area contributed by atoms with E-state index >= 15 is 0 Å². The fourth-order valence-corrected chi connectivity index (χ4v) is 1.98. The maximum absolute atomic E-state index is 13.8. The molecule has 1 N–H and O–H groups in total. The van der Waals surface area contributed by atoms with Gasteiger partial charge in [-0.2, -0.15) is 0 Å². The van der Waals surface area contributed by atoms with E-state index in [1.807, 2.05) is 34.6 Å². The average molecular weight is 263 g/mol. The van der Waals surface area contributed by atoms with Gasteiger partial charge in [-0.3, -0.25) is 0 Å². The lowest BCUT2D eigenvalue weighted by molar-refractivity contribution is -0.176. The minimum absolute atomic E-state index is 0.605. The van der Waals surface area contributed by atoms with E-state index in [-0.39, 0.29) is 0 Å². The second-order valence-corrected chi connectivity index (χ2v) is 4.13. The number of alkyl halides is 3. The molecule has 1 nitrogen and oxygen atoms in total. The van der Waals surface area contributed by atoms with Crippen molar-refractivity contribution in [2.24, 2.45) is 0 Å². The Kier molecular flexibility index (Phi) is 6.50. The maximum atomic E-state index is 13.8. The van der Waals surface area contributed by atoms with E-state index in [1.165, 1.54) is 0 Å². The van der Waals surface area contributed by atoms with Crippen LogP contribution in [0, 0.1) is 0 Å². The van der Waals surface area contributed by atoms with Gasteiger partial charge in [0.2, 0.25) is 0 Å². The number of nitrogens with one attached hydrogen (secondary N) is 1. The fourth-order valence-electron chi connectivity index (χ4n) is 1.98. The topological polar surface area (TPSA) is 12.0 Å². The molecule has 1 heterocycles. The van der Waals surface area contributed by atoms with Crippen LogP contribution < -0.4 is 5.32 Å². The molecule has 0 saturated heterocycles. The molecule has 2 rings (SSSR count). The lowest BCUT2D eigenvalue weighted by Crippen LogP contribution is -2.59. The fraction of sp³-hybridized carbons (Fsp3) is 0.714. The summed E-state index contributed by atoms with van der Waals surface area (Å²) < 4.78 is 39.0. The zero-order chi connectivity index (χ0) is 14.4. The third kappa shape index (κ3) is 4.07. The minimum Gasteiger partial charge on any atom is -0.381 e. The van der Waals surface area contributed by atoms with Gasteiger partial charge in [0, 0.05) is 12.8 Å². The van der Waals surface area contributed by atoms with Gasteiger partial charge in [0.1, 0.15) is 5.67 Å². The second-order valence-electron chi connectivity index (χ2n) is 4.13. The predicted octanol–water partition coefficient (Wildman–Crippen LogP) is 4.61. The van der Waals surface area contributed by atoms with Gasteiger partial charge in [0.05, 0.1) is 6.04 Å². The molecule has 2 aliphatic rings. The molecule has 0 aromatic rings. The molecule has 18 heavy (non-hydrogen) atoms. The molecule has 1 unspecified atom stereocenters. The molecule has 1 saturated carbocycles. The van der Waals surface area contributed by atoms with Gasteiger partial charge in [-0.1, -0.05) is 39.3 Å². The highest BCUT2D eigenvalue weighted by atomic mass is 19.3. The van der Waals surface area contributed by atoms with Crippen LogP contribution in [0.15, 0.2) is 23.9 Å². The zero-order valence-corrected chi connectivity index (χ0v) is 11.9. The Morgan fingerprint density at radius 3 is 2.00 bits per heavy atom. The summed E-state index contributed by atoms with van der Waals surface area (Å²) in [5.74, 6) is -2.82. The van der Waals surface area contributed by atoms with Gasteiger partial charge < -0.3 is 5.32 Å². The molecule has 0 amide bonds. The number of allylic oxidation sites excluding steroid dienone is 2. The van der Waals surface area contributed by atoms with Gasteiger partial charge >= 0.3 is 0 Å². The number of rotatable bonds is 1. The Balaban J connectivity index is 0.000000659. The Morgan fingerprint density at radius 1 is 1.11 bits per heavy atom. The quantitative estimate of drug-likeness (QED) is 0.728. The summed E-state index contributed by atoms with van der Waals surface area (Å²) in [6, 6.07) is -0.605. The van der Waals surface area contributed by atoms with Crippen LogP contribution in [0.3, 0.4) is 0 Å². The lowest BCUT2D eigenvalue weighted by atomic mass is 9.72. The number of hydrogen-bond donors (Lipinski definition) is 1. The van der Waals surface area contributed by atoms with Gasteiger partial charge in [0.15, 0.2) is 0 Å². The van der Waals surface area contributed by atoms with Crippen LogP contribution >= 0.6 is 0 Å². The van der Waals surface area contributed by atoms with Gasteiger partial charge in [-0.25, -0.2) is 13.2 Å². The molecule has 0 aromatic heterocycles. The van der Waals surface area contributed by atoms with Crippen molar-refractivity contribution >= 4 is 0 Å². The van der Waals surface area contributed by atoms with Crippen LogP contribution in [0.4, 0.5) is 13.2 Å². The first kappa shape index (κ1) is 17.1. The summed E-state index contributed by atoms with van der Waals surface area (Å²) in [6.07, 6.45) is 3.72. The minimum atomic E-state index is -2.82. The summed E-state index contributed by atoms with van der Waals surface area (Å²) in [5, 5.41) is 2.76.